The van der Waals surface area contributed by atoms with E-state index >= 15 is 0 Å². The average Bonchev–Trinajstić information content (AvgIpc) is 3.04. The maximum atomic E-state index is 12.3. The number of benzene rings is 1. The minimum atomic E-state index is -0.585. The van der Waals surface area contributed by atoms with Gasteiger partial charge in [0.25, 0.3) is 0 Å². The quantitative estimate of drug-likeness (QED) is 0.883. The van der Waals surface area contributed by atoms with E-state index in [1.807, 2.05) is 12.1 Å². The minimum absolute atomic E-state index is 0.166. The van der Waals surface area contributed by atoms with Gasteiger partial charge in [0, 0.05) is 18.5 Å². The molecule has 0 saturated carbocycles. The molecule has 1 N–H and O–H groups in total. The van der Waals surface area contributed by atoms with Crippen LogP contribution >= 0.6 is 11.6 Å². The van der Waals surface area contributed by atoms with Gasteiger partial charge in [0.2, 0.25) is 11.8 Å². The molecule has 0 aliphatic carbocycles. The molecule has 0 fully saturated rings. The molecule has 1 heterocycles. The number of rotatable bonds is 6. The van der Waals surface area contributed by atoms with Gasteiger partial charge >= 0.3 is 0 Å². The average molecular weight is 335 g/mol. The van der Waals surface area contributed by atoms with Crippen LogP contribution in [-0.2, 0) is 22.7 Å². The molecule has 122 valence electrons. The van der Waals surface area contributed by atoms with Crippen molar-refractivity contribution in [2.24, 2.45) is 0 Å². The van der Waals surface area contributed by atoms with Crippen LogP contribution in [0.1, 0.15) is 25.2 Å². The molecule has 0 radical (unpaired) electrons. The molecule has 5 nitrogen and oxygen atoms in total. The second kappa shape index (κ2) is 7.83. The molecule has 2 rings (SSSR count). The standard InChI is InChI=1S/C17H19ClN2O3/c1-12(17(22)19-10-16-4-3-9-23-16)20(13(2)21)11-14-5-7-15(18)8-6-14/h3-9,12H,10-11H2,1-2H3,(H,19,22)/t12-/m0/s1. The summed E-state index contributed by atoms with van der Waals surface area (Å²) in [6.45, 7) is 3.80. The van der Waals surface area contributed by atoms with Gasteiger partial charge in [0.1, 0.15) is 11.8 Å². The van der Waals surface area contributed by atoms with Crippen LogP contribution in [0.4, 0.5) is 0 Å². The lowest BCUT2D eigenvalue weighted by Crippen LogP contribution is -2.46. The summed E-state index contributed by atoms with van der Waals surface area (Å²) in [4.78, 5) is 25.7. The van der Waals surface area contributed by atoms with Gasteiger partial charge < -0.3 is 14.6 Å². The van der Waals surface area contributed by atoms with Crippen LogP contribution in [0.2, 0.25) is 5.02 Å². The van der Waals surface area contributed by atoms with Gasteiger partial charge in [0.15, 0.2) is 0 Å². The molecule has 0 saturated heterocycles. The summed E-state index contributed by atoms with van der Waals surface area (Å²) in [5, 5.41) is 3.40. The van der Waals surface area contributed by atoms with Crippen molar-refractivity contribution in [3.63, 3.8) is 0 Å². The number of halogens is 1. The third-order valence-electron chi connectivity index (χ3n) is 3.53. The zero-order valence-corrected chi connectivity index (χ0v) is 13.8. The van der Waals surface area contributed by atoms with Gasteiger partial charge in [-0.1, -0.05) is 23.7 Å². The highest BCUT2D eigenvalue weighted by Crippen LogP contribution is 2.13. The largest absolute Gasteiger partial charge is 0.467 e. The Bertz CT molecular complexity index is 653. The molecular formula is C17H19ClN2O3. The maximum absolute atomic E-state index is 12.3. The van der Waals surface area contributed by atoms with E-state index in [0.717, 1.165) is 5.56 Å². The third-order valence-corrected chi connectivity index (χ3v) is 3.79. The molecular weight excluding hydrogens is 316 g/mol. The number of furan rings is 1. The minimum Gasteiger partial charge on any atom is -0.467 e. The summed E-state index contributed by atoms with van der Waals surface area (Å²) in [6, 6.07) is 10.2. The predicted molar refractivity (Wildman–Crippen MR) is 87.7 cm³/mol. The van der Waals surface area contributed by atoms with Crippen molar-refractivity contribution in [1.82, 2.24) is 10.2 Å². The van der Waals surface area contributed by atoms with Gasteiger partial charge in [-0.05, 0) is 36.8 Å². The Kier molecular flexibility index (Phi) is 5.82. The van der Waals surface area contributed by atoms with Crippen molar-refractivity contribution in [3.05, 3.63) is 59.0 Å². The van der Waals surface area contributed by atoms with Crippen LogP contribution in [0, 0.1) is 0 Å². The van der Waals surface area contributed by atoms with Crippen LogP contribution in [0.3, 0.4) is 0 Å². The second-order valence-corrected chi connectivity index (χ2v) is 5.68. The van der Waals surface area contributed by atoms with E-state index < -0.39 is 6.04 Å². The molecule has 2 amide bonds. The molecule has 0 aliphatic rings. The Morgan fingerprint density at radius 1 is 1.26 bits per heavy atom. The Hall–Kier alpha value is -2.27. The van der Waals surface area contributed by atoms with E-state index in [9.17, 15) is 9.59 Å². The number of hydrogen-bond donors (Lipinski definition) is 1. The SMILES string of the molecule is CC(=O)N(Cc1ccc(Cl)cc1)[C@@H](C)C(=O)NCc1ccco1. The maximum Gasteiger partial charge on any atom is 0.242 e. The van der Waals surface area contributed by atoms with Crippen molar-refractivity contribution in [1.29, 1.82) is 0 Å². The summed E-state index contributed by atoms with van der Waals surface area (Å²) < 4.78 is 5.17. The van der Waals surface area contributed by atoms with E-state index in [0.29, 0.717) is 23.9 Å². The van der Waals surface area contributed by atoms with Gasteiger partial charge in [-0.2, -0.15) is 0 Å². The Morgan fingerprint density at radius 2 is 1.96 bits per heavy atom. The Morgan fingerprint density at radius 3 is 2.52 bits per heavy atom. The summed E-state index contributed by atoms with van der Waals surface area (Å²) in [6.07, 6.45) is 1.55. The van der Waals surface area contributed by atoms with E-state index in [4.69, 9.17) is 16.0 Å². The Balaban J connectivity index is 1.99. The van der Waals surface area contributed by atoms with Crippen molar-refractivity contribution in [2.45, 2.75) is 33.0 Å². The number of carbonyl (C=O) groups is 2. The van der Waals surface area contributed by atoms with Crippen LogP contribution in [0.15, 0.2) is 47.1 Å². The molecule has 0 aliphatic heterocycles. The smallest absolute Gasteiger partial charge is 0.242 e. The number of hydrogen-bond acceptors (Lipinski definition) is 3. The van der Waals surface area contributed by atoms with Gasteiger partial charge in [-0.15, -0.1) is 0 Å². The lowest BCUT2D eigenvalue weighted by Gasteiger charge is -2.27. The fraction of sp³-hybridized carbons (Fsp3) is 0.294. The van der Waals surface area contributed by atoms with Crippen molar-refractivity contribution in [3.8, 4) is 0 Å². The number of nitrogens with one attached hydrogen (secondary N) is 1. The van der Waals surface area contributed by atoms with Gasteiger partial charge in [-0.25, -0.2) is 0 Å². The molecule has 1 aromatic carbocycles. The van der Waals surface area contributed by atoms with Crippen molar-refractivity contribution < 1.29 is 14.0 Å². The van der Waals surface area contributed by atoms with Crippen LogP contribution in [0.25, 0.3) is 0 Å². The van der Waals surface area contributed by atoms with Crippen molar-refractivity contribution >= 4 is 23.4 Å². The first-order valence-electron chi connectivity index (χ1n) is 7.29. The monoisotopic (exact) mass is 334 g/mol. The summed E-state index contributed by atoms with van der Waals surface area (Å²) in [7, 11) is 0. The van der Waals surface area contributed by atoms with E-state index in [2.05, 4.69) is 5.32 Å². The predicted octanol–water partition coefficient (Wildman–Crippen LogP) is 2.99. The number of carbonyl (C=O) groups excluding carboxylic acids is 2. The highest BCUT2D eigenvalue weighted by Gasteiger charge is 2.23. The van der Waals surface area contributed by atoms with E-state index in [1.54, 1.807) is 37.5 Å². The number of amides is 2. The first-order chi connectivity index (χ1) is 11.0. The zero-order valence-electron chi connectivity index (χ0n) is 13.1. The van der Waals surface area contributed by atoms with Crippen molar-refractivity contribution in [2.75, 3.05) is 0 Å². The highest BCUT2D eigenvalue weighted by atomic mass is 35.5. The van der Waals surface area contributed by atoms with E-state index in [1.165, 1.54) is 11.8 Å². The summed E-state index contributed by atoms with van der Waals surface area (Å²) in [5.74, 6) is 0.267. The van der Waals surface area contributed by atoms with Crippen LogP contribution in [0.5, 0.6) is 0 Å². The fourth-order valence-electron chi connectivity index (χ4n) is 2.18. The first-order valence-corrected chi connectivity index (χ1v) is 7.67. The van der Waals surface area contributed by atoms with E-state index in [-0.39, 0.29) is 11.8 Å². The first kappa shape index (κ1) is 17.1. The molecule has 2 aromatic rings. The van der Waals surface area contributed by atoms with Gasteiger partial charge in [-0.3, -0.25) is 9.59 Å². The molecule has 0 unspecified atom stereocenters. The third kappa shape index (κ3) is 4.86. The lowest BCUT2D eigenvalue weighted by atomic mass is 10.1. The topological polar surface area (TPSA) is 62.6 Å². The number of nitrogens with zero attached hydrogens (tertiary/aromatic N) is 1. The van der Waals surface area contributed by atoms with Crippen LogP contribution < -0.4 is 5.32 Å². The molecule has 23 heavy (non-hydrogen) atoms. The van der Waals surface area contributed by atoms with Crippen LogP contribution in [-0.4, -0.2) is 22.8 Å². The Labute approximate surface area is 140 Å². The highest BCUT2D eigenvalue weighted by molar-refractivity contribution is 6.30. The normalized spacial score (nSPS) is 11.8. The zero-order chi connectivity index (χ0) is 16.8. The summed E-state index contributed by atoms with van der Waals surface area (Å²) in [5.41, 5.74) is 0.912. The second-order valence-electron chi connectivity index (χ2n) is 5.25. The lowest BCUT2D eigenvalue weighted by molar-refractivity contribution is -0.139. The molecule has 0 bridgehead atoms. The molecule has 0 spiro atoms. The fourth-order valence-corrected chi connectivity index (χ4v) is 2.31. The molecule has 6 heteroatoms. The van der Waals surface area contributed by atoms with Gasteiger partial charge in [0.05, 0.1) is 12.8 Å². The molecule has 1 atom stereocenters. The summed E-state index contributed by atoms with van der Waals surface area (Å²) >= 11 is 5.86. The molecule has 1 aromatic heterocycles.